The molecule has 0 aromatic carbocycles. The van der Waals surface area contributed by atoms with Crippen molar-refractivity contribution in [3.63, 3.8) is 0 Å². The van der Waals surface area contributed by atoms with E-state index in [1.807, 2.05) is 6.92 Å². The molecule has 0 spiro atoms. The highest BCUT2D eigenvalue weighted by atomic mass is 16.3. The minimum Gasteiger partial charge on any atom is -0.396 e. The van der Waals surface area contributed by atoms with Gasteiger partial charge in [-0.1, -0.05) is 13.3 Å². The molecule has 4 N–H and O–H groups in total. The van der Waals surface area contributed by atoms with Crippen molar-refractivity contribution in [2.24, 2.45) is 5.73 Å². The van der Waals surface area contributed by atoms with Crippen LogP contribution in [0.2, 0.25) is 0 Å². The summed E-state index contributed by atoms with van der Waals surface area (Å²) in [5.41, 5.74) is 4.26. The average molecular weight is 147 g/mol. The zero-order valence-corrected chi connectivity index (χ0v) is 6.51. The summed E-state index contributed by atoms with van der Waals surface area (Å²) in [4.78, 5) is 0. The van der Waals surface area contributed by atoms with Gasteiger partial charge in [0.2, 0.25) is 0 Å². The third kappa shape index (κ3) is 4.73. The normalized spacial score (nSPS) is 16.8. The Morgan fingerprint density at radius 3 is 2.40 bits per heavy atom. The van der Waals surface area contributed by atoms with Gasteiger partial charge < -0.3 is 15.9 Å². The third-order valence-electron chi connectivity index (χ3n) is 1.51. The first-order chi connectivity index (χ1) is 4.62. The van der Waals surface area contributed by atoms with Crippen molar-refractivity contribution < 1.29 is 10.2 Å². The maximum Gasteiger partial charge on any atom is 0.115 e. The van der Waals surface area contributed by atoms with E-state index in [2.05, 4.69) is 0 Å². The predicted molar refractivity (Wildman–Crippen MR) is 40.4 cm³/mol. The molecule has 0 rings (SSSR count). The van der Waals surface area contributed by atoms with E-state index in [0.717, 1.165) is 12.8 Å². The summed E-state index contributed by atoms with van der Waals surface area (Å²) in [6.07, 6.45) is 2.77. The molecule has 1 atom stereocenters. The Hall–Kier alpha value is -0.120. The second-order valence-corrected chi connectivity index (χ2v) is 2.68. The highest BCUT2D eigenvalue weighted by Gasteiger charge is 2.18. The second kappa shape index (κ2) is 4.66. The first-order valence-electron chi connectivity index (χ1n) is 3.74. The van der Waals surface area contributed by atoms with Gasteiger partial charge in [0.15, 0.2) is 0 Å². The first kappa shape index (κ1) is 9.88. The molecule has 0 fully saturated rings. The van der Waals surface area contributed by atoms with Crippen LogP contribution in [0.25, 0.3) is 0 Å². The van der Waals surface area contributed by atoms with Gasteiger partial charge in [0.05, 0.1) is 0 Å². The molecule has 0 heterocycles. The largest absolute Gasteiger partial charge is 0.396 e. The van der Waals surface area contributed by atoms with Crippen LogP contribution in [0, 0.1) is 0 Å². The van der Waals surface area contributed by atoms with Gasteiger partial charge in [-0.15, -0.1) is 0 Å². The van der Waals surface area contributed by atoms with E-state index in [4.69, 9.17) is 10.8 Å². The highest BCUT2D eigenvalue weighted by Crippen LogP contribution is 2.10. The Labute approximate surface area is 61.9 Å². The van der Waals surface area contributed by atoms with Crippen molar-refractivity contribution in [2.75, 3.05) is 6.61 Å². The molecule has 0 saturated heterocycles. The predicted octanol–water partition coefficient (Wildman–Crippen LogP) is 0.206. The summed E-state index contributed by atoms with van der Waals surface area (Å²) in [6.45, 7) is 1.99. The van der Waals surface area contributed by atoms with Gasteiger partial charge in [-0.05, 0) is 12.8 Å². The molecule has 0 aliphatic carbocycles. The maximum atomic E-state index is 9.26. The lowest BCUT2D eigenvalue weighted by Gasteiger charge is -2.21. The number of unbranched alkanes of at least 4 members (excludes halogenated alkanes) is 1. The fourth-order valence-corrected chi connectivity index (χ4v) is 0.802. The van der Waals surface area contributed by atoms with E-state index < -0.39 is 5.72 Å². The van der Waals surface area contributed by atoms with Crippen LogP contribution >= 0.6 is 0 Å². The zero-order chi connectivity index (χ0) is 8.04. The van der Waals surface area contributed by atoms with Crippen LogP contribution < -0.4 is 5.73 Å². The standard InChI is InChI=1S/C7H17NO2/c1-2-3-4-7(8,10)5-6-9/h9-10H,2-6,8H2,1H3. The Bertz CT molecular complexity index is 83.7. The number of hydrogen-bond donors (Lipinski definition) is 3. The molecule has 0 aliphatic rings. The van der Waals surface area contributed by atoms with Gasteiger partial charge in [-0.2, -0.15) is 0 Å². The van der Waals surface area contributed by atoms with Crippen LogP contribution in [0.1, 0.15) is 32.6 Å². The smallest absolute Gasteiger partial charge is 0.115 e. The summed E-state index contributed by atoms with van der Waals surface area (Å²) >= 11 is 0. The number of aliphatic hydroxyl groups is 2. The molecule has 0 aliphatic heterocycles. The first-order valence-corrected chi connectivity index (χ1v) is 3.74. The molecule has 0 bridgehead atoms. The van der Waals surface area contributed by atoms with Crippen LogP contribution in [0.5, 0.6) is 0 Å². The second-order valence-electron chi connectivity index (χ2n) is 2.68. The van der Waals surface area contributed by atoms with Crippen molar-refractivity contribution >= 4 is 0 Å². The van der Waals surface area contributed by atoms with Crippen molar-refractivity contribution in [1.29, 1.82) is 0 Å². The molecule has 10 heavy (non-hydrogen) atoms. The van der Waals surface area contributed by atoms with Crippen molar-refractivity contribution in [2.45, 2.75) is 38.3 Å². The van der Waals surface area contributed by atoms with E-state index in [-0.39, 0.29) is 13.0 Å². The lowest BCUT2D eigenvalue weighted by atomic mass is 10.0. The van der Waals surface area contributed by atoms with E-state index >= 15 is 0 Å². The zero-order valence-electron chi connectivity index (χ0n) is 6.51. The molecule has 3 nitrogen and oxygen atoms in total. The van der Waals surface area contributed by atoms with Crippen LogP contribution in [0.4, 0.5) is 0 Å². The van der Waals surface area contributed by atoms with E-state index in [0.29, 0.717) is 6.42 Å². The molecule has 62 valence electrons. The topological polar surface area (TPSA) is 66.5 Å². The molecule has 3 heteroatoms. The van der Waals surface area contributed by atoms with E-state index in [9.17, 15) is 5.11 Å². The third-order valence-corrected chi connectivity index (χ3v) is 1.51. The number of nitrogens with two attached hydrogens (primary N) is 1. The average Bonchev–Trinajstić information content (AvgIpc) is 1.84. The molecular formula is C7H17NO2. The van der Waals surface area contributed by atoms with Crippen LogP contribution in [0.3, 0.4) is 0 Å². The quantitative estimate of drug-likeness (QED) is 0.487. The summed E-state index contributed by atoms with van der Waals surface area (Å²) in [5.74, 6) is 0. The molecule has 0 aromatic heterocycles. The van der Waals surface area contributed by atoms with E-state index in [1.165, 1.54) is 0 Å². The Morgan fingerprint density at radius 1 is 1.40 bits per heavy atom. The molecular weight excluding hydrogens is 130 g/mol. The van der Waals surface area contributed by atoms with Gasteiger partial charge in [0.1, 0.15) is 5.72 Å². The van der Waals surface area contributed by atoms with Crippen LogP contribution in [0.15, 0.2) is 0 Å². The van der Waals surface area contributed by atoms with Crippen LogP contribution in [-0.4, -0.2) is 22.5 Å². The molecule has 0 radical (unpaired) electrons. The molecule has 0 amide bonds. The number of aliphatic hydroxyl groups excluding tert-OH is 1. The van der Waals surface area contributed by atoms with E-state index in [1.54, 1.807) is 0 Å². The summed E-state index contributed by atoms with van der Waals surface area (Å²) in [6, 6.07) is 0. The molecule has 1 unspecified atom stereocenters. The van der Waals surface area contributed by atoms with Crippen molar-refractivity contribution in [3.8, 4) is 0 Å². The Morgan fingerprint density at radius 2 is 2.00 bits per heavy atom. The minimum atomic E-state index is -1.15. The van der Waals surface area contributed by atoms with Crippen molar-refractivity contribution in [3.05, 3.63) is 0 Å². The summed E-state index contributed by atoms with van der Waals surface area (Å²) in [5, 5.41) is 17.7. The fraction of sp³-hybridized carbons (Fsp3) is 1.00. The fourth-order valence-electron chi connectivity index (χ4n) is 0.802. The van der Waals surface area contributed by atoms with Gasteiger partial charge >= 0.3 is 0 Å². The van der Waals surface area contributed by atoms with Crippen LogP contribution in [-0.2, 0) is 0 Å². The lowest BCUT2D eigenvalue weighted by molar-refractivity contribution is 0.0119. The molecule has 0 saturated carbocycles. The van der Waals surface area contributed by atoms with Gasteiger partial charge in [-0.3, -0.25) is 0 Å². The number of hydrogen-bond acceptors (Lipinski definition) is 3. The summed E-state index contributed by atoms with van der Waals surface area (Å²) < 4.78 is 0. The van der Waals surface area contributed by atoms with Gasteiger partial charge in [0, 0.05) is 13.0 Å². The molecule has 0 aromatic rings. The monoisotopic (exact) mass is 147 g/mol. The Balaban J connectivity index is 3.42. The maximum absolute atomic E-state index is 9.26. The highest BCUT2D eigenvalue weighted by molar-refractivity contribution is 4.69. The summed E-state index contributed by atoms with van der Waals surface area (Å²) in [7, 11) is 0. The minimum absolute atomic E-state index is 0.0449. The SMILES string of the molecule is CCCCC(N)(O)CCO. The number of rotatable bonds is 5. The lowest BCUT2D eigenvalue weighted by Crippen LogP contribution is -2.40. The Kier molecular flexibility index (Phi) is 4.60. The van der Waals surface area contributed by atoms with Gasteiger partial charge in [0.25, 0.3) is 0 Å². The van der Waals surface area contributed by atoms with Crippen molar-refractivity contribution in [1.82, 2.24) is 0 Å². The van der Waals surface area contributed by atoms with Gasteiger partial charge in [-0.25, -0.2) is 0 Å².